The maximum atomic E-state index is 2.25. The first-order chi connectivity index (χ1) is 7.60. The molecule has 0 rings (SSSR count). The Bertz CT molecular complexity index is 53.1. The molecular weight excluding hydrogens is 192 g/mol. The molecule has 0 fully saturated rings. The summed E-state index contributed by atoms with van der Waals surface area (Å²) in [6, 6.07) is 0. The van der Waals surface area contributed by atoms with Crippen LogP contribution in [-0.4, -0.2) is 0 Å². The summed E-state index contributed by atoms with van der Waals surface area (Å²) in [6.45, 7) is 19.4. The van der Waals surface area contributed by atoms with Crippen LogP contribution in [0.25, 0.3) is 0 Å². The van der Waals surface area contributed by atoms with Crippen LogP contribution in [-0.2, 0) is 0 Å². The Morgan fingerprint density at radius 3 is 1.00 bits per heavy atom. The molecule has 0 spiro atoms. The van der Waals surface area contributed by atoms with E-state index in [1.54, 1.807) is 0 Å². The van der Waals surface area contributed by atoms with E-state index in [0.717, 1.165) is 5.92 Å². The summed E-state index contributed by atoms with van der Waals surface area (Å²) in [6.07, 6.45) is 8.03. The van der Waals surface area contributed by atoms with Gasteiger partial charge in [0.05, 0.1) is 0 Å². The molecule has 0 nitrogen and oxygen atoms in total. The van der Waals surface area contributed by atoms with Gasteiger partial charge in [0.1, 0.15) is 0 Å². The van der Waals surface area contributed by atoms with Crippen molar-refractivity contribution in [1.29, 1.82) is 0 Å². The molecule has 0 aliphatic heterocycles. The van der Waals surface area contributed by atoms with Crippen LogP contribution in [0, 0.1) is 5.92 Å². The summed E-state index contributed by atoms with van der Waals surface area (Å²) in [4.78, 5) is 0. The van der Waals surface area contributed by atoms with Gasteiger partial charge in [-0.2, -0.15) is 0 Å². The molecule has 0 heterocycles. The van der Waals surface area contributed by atoms with Gasteiger partial charge in [0.25, 0.3) is 0 Å². The molecule has 0 atom stereocenters. The zero-order chi connectivity index (χ0) is 13.8. The lowest BCUT2D eigenvalue weighted by Crippen LogP contribution is -1.81. The molecule has 0 aromatic rings. The third-order valence-corrected chi connectivity index (χ3v) is 1.57. The van der Waals surface area contributed by atoms with Crippen LogP contribution in [0.4, 0.5) is 0 Å². The Morgan fingerprint density at radius 2 is 1.00 bits per heavy atom. The molecule has 16 heavy (non-hydrogen) atoms. The monoisotopic (exact) mass is 232 g/mol. The van der Waals surface area contributed by atoms with Crippen LogP contribution >= 0.6 is 0 Å². The Kier molecular flexibility index (Phi) is 56.7. The first-order valence-corrected chi connectivity index (χ1v) is 7.60. The third-order valence-electron chi connectivity index (χ3n) is 1.57. The van der Waals surface area contributed by atoms with E-state index in [2.05, 4.69) is 48.5 Å². The van der Waals surface area contributed by atoms with Gasteiger partial charge in [0, 0.05) is 0 Å². The molecule has 0 radical (unpaired) electrons. The number of unbranched alkanes of at least 4 members (excludes halogenated alkanes) is 2. The fourth-order valence-corrected chi connectivity index (χ4v) is 0.931. The van der Waals surface area contributed by atoms with Gasteiger partial charge in [0.15, 0.2) is 0 Å². The minimum absolute atomic E-state index is 0.898. The van der Waals surface area contributed by atoms with Gasteiger partial charge < -0.3 is 0 Å². The lowest BCUT2D eigenvalue weighted by atomic mass is 10.1. The number of hydrogen-bond donors (Lipinski definition) is 0. The topological polar surface area (TPSA) is 0 Å². The summed E-state index contributed by atoms with van der Waals surface area (Å²) in [5, 5.41) is 0. The van der Waals surface area contributed by atoms with Crippen LogP contribution < -0.4 is 0 Å². The summed E-state index contributed by atoms with van der Waals surface area (Å²) < 4.78 is 0. The van der Waals surface area contributed by atoms with Crippen LogP contribution in [0.2, 0.25) is 0 Å². The minimum Gasteiger partial charge on any atom is -0.0683 e. The molecular formula is C16H40. The van der Waals surface area contributed by atoms with E-state index in [-0.39, 0.29) is 0 Å². The molecule has 0 aromatic heterocycles. The van der Waals surface area contributed by atoms with Gasteiger partial charge in [-0.25, -0.2) is 0 Å². The van der Waals surface area contributed by atoms with Crippen LogP contribution in [0.3, 0.4) is 0 Å². The first kappa shape index (κ1) is 25.0. The highest BCUT2D eigenvalue weighted by atomic mass is 13.9. The standard InChI is InChI=1S/C6H14.C5H12.C3H8.C2H6/c1-4-5-6(2)3;1-3-5-4-2;1-3-2;1-2/h6H,4-5H2,1-3H3;3-5H2,1-2H3;3H2,1-2H3;1-2H3. The van der Waals surface area contributed by atoms with E-state index in [1.165, 1.54) is 38.5 Å². The quantitative estimate of drug-likeness (QED) is 0.485. The Hall–Kier alpha value is 0. The highest BCUT2D eigenvalue weighted by Gasteiger charge is 1.85. The smallest absolute Gasteiger partial charge is 0.0471 e. The van der Waals surface area contributed by atoms with E-state index < -0.39 is 0 Å². The van der Waals surface area contributed by atoms with E-state index in [1.807, 2.05) is 13.8 Å². The van der Waals surface area contributed by atoms with Crippen LogP contribution in [0.15, 0.2) is 0 Å². The van der Waals surface area contributed by atoms with Gasteiger partial charge in [0.2, 0.25) is 0 Å². The third kappa shape index (κ3) is 94.6. The SMILES string of the molecule is CC.CCC.CCCC(C)C.CCCCC. The van der Waals surface area contributed by atoms with Crippen molar-refractivity contribution in [2.24, 2.45) is 5.92 Å². The molecule has 104 valence electrons. The zero-order valence-corrected chi connectivity index (χ0v) is 13.8. The van der Waals surface area contributed by atoms with Gasteiger partial charge in [-0.3, -0.25) is 0 Å². The predicted octanol–water partition coefficient (Wildman–Crippen LogP) is 7.08. The molecule has 0 N–H and O–H groups in total. The van der Waals surface area contributed by atoms with Crippen molar-refractivity contribution in [1.82, 2.24) is 0 Å². The Labute approximate surface area is 107 Å². The normalized spacial score (nSPS) is 7.88. The van der Waals surface area contributed by atoms with Crippen LogP contribution in [0.1, 0.15) is 101 Å². The van der Waals surface area contributed by atoms with E-state index in [4.69, 9.17) is 0 Å². The fraction of sp³-hybridized carbons (Fsp3) is 1.00. The fourth-order valence-electron chi connectivity index (χ4n) is 0.931. The van der Waals surface area contributed by atoms with Crippen molar-refractivity contribution in [3.8, 4) is 0 Å². The second-order valence-corrected chi connectivity index (χ2v) is 4.24. The van der Waals surface area contributed by atoms with Crippen molar-refractivity contribution in [2.45, 2.75) is 101 Å². The molecule has 0 amide bonds. The largest absolute Gasteiger partial charge is 0.0683 e. The van der Waals surface area contributed by atoms with Crippen molar-refractivity contribution in [2.75, 3.05) is 0 Å². The van der Waals surface area contributed by atoms with E-state index in [9.17, 15) is 0 Å². The summed E-state index contributed by atoms with van der Waals surface area (Å²) >= 11 is 0. The van der Waals surface area contributed by atoms with Gasteiger partial charge >= 0.3 is 0 Å². The molecule has 0 saturated carbocycles. The van der Waals surface area contributed by atoms with Gasteiger partial charge in [-0.15, -0.1) is 0 Å². The highest BCUT2D eigenvalue weighted by Crippen LogP contribution is 2.00. The Balaban J connectivity index is -0.0000000653. The van der Waals surface area contributed by atoms with E-state index in [0.29, 0.717) is 0 Å². The molecule has 0 aromatic carbocycles. The predicted molar refractivity (Wildman–Crippen MR) is 82.3 cm³/mol. The molecule has 0 heteroatoms. The second-order valence-electron chi connectivity index (χ2n) is 4.24. The van der Waals surface area contributed by atoms with Crippen molar-refractivity contribution < 1.29 is 0 Å². The van der Waals surface area contributed by atoms with Crippen LogP contribution in [0.5, 0.6) is 0 Å². The van der Waals surface area contributed by atoms with Crippen molar-refractivity contribution in [3.63, 3.8) is 0 Å². The lowest BCUT2D eigenvalue weighted by Gasteiger charge is -1.95. The highest BCUT2D eigenvalue weighted by molar-refractivity contribution is 4.38. The zero-order valence-electron chi connectivity index (χ0n) is 13.8. The summed E-state index contributed by atoms with van der Waals surface area (Å²) in [5.74, 6) is 0.898. The molecule has 0 aliphatic carbocycles. The summed E-state index contributed by atoms with van der Waals surface area (Å²) in [5.41, 5.74) is 0. The molecule has 0 unspecified atom stereocenters. The maximum Gasteiger partial charge on any atom is -0.0471 e. The maximum absolute atomic E-state index is 2.25. The number of rotatable bonds is 4. The second kappa shape index (κ2) is 36.3. The molecule has 0 bridgehead atoms. The summed E-state index contributed by atoms with van der Waals surface area (Å²) in [7, 11) is 0. The Morgan fingerprint density at radius 1 is 0.688 bits per heavy atom. The minimum atomic E-state index is 0.898. The van der Waals surface area contributed by atoms with Gasteiger partial charge in [-0.05, 0) is 5.92 Å². The number of hydrogen-bond acceptors (Lipinski definition) is 0. The van der Waals surface area contributed by atoms with Gasteiger partial charge in [-0.1, -0.05) is 101 Å². The van der Waals surface area contributed by atoms with Crippen molar-refractivity contribution >= 4 is 0 Å². The molecule has 0 aliphatic rings. The average molecular weight is 232 g/mol. The lowest BCUT2D eigenvalue weighted by molar-refractivity contribution is 0.576. The first-order valence-electron chi connectivity index (χ1n) is 7.60. The molecule has 0 saturated heterocycles. The average Bonchev–Trinajstić information content (AvgIpc) is 2.24. The van der Waals surface area contributed by atoms with Crippen molar-refractivity contribution in [3.05, 3.63) is 0 Å². The van der Waals surface area contributed by atoms with E-state index >= 15 is 0 Å².